The largest absolute Gasteiger partial charge is 0.481 e. The molecular formula is C10H15N3O4S. The minimum atomic E-state index is -3.63. The van der Waals surface area contributed by atoms with Gasteiger partial charge in [0.15, 0.2) is 5.03 Å². The van der Waals surface area contributed by atoms with Gasteiger partial charge in [0.2, 0.25) is 0 Å². The number of aryl methyl sites for hydroxylation is 1. The predicted octanol–water partition coefficient (Wildman–Crippen LogP) is 0.250. The molecule has 0 aromatic carbocycles. The molecule has 2 unspecified atom stereocenters. The lowest BCUT2D eigenvalue weighted by molar-refractivity contribution is -0.141. The molecule has 1 saturated carbocycles. The van der Waals surface area contributed by atoms with Gasteiger partial charge >= 0.3 is 5.97 Å². The van der Waals surface area contributed by atoms with Crippen LogP contribution in [0.5, 0.6) is 0 Å². The van der Waals surface area contributed by atoms with Crippen LogP contribution in [-0.4, -0.2) is 35.5 Å². The Morgan fingerprint density at radius 2 is 2.28 bits per heavy atom. The lowest BCUT2D eigenvalue weighted by Gasteiger charge is -2.11. The van der Waals surface area contributed by atoms with Gasteiger partial charge in [0.25, 0.3) is 10.0 Å². The number of aliphatic carboxylic acids is 1. The van der Waals surface area contributed by atoms with Crippen LogP contribution in [0.15, 0.2) is 11.2 Å². The molecule has 2 rings (SSSR count). The van der Waals surface area contributed by atoms with Crippen LogP contribution >= 0.6 is 0 Å². The molecule has 7 nitrogen and oxygen atoms in total. The Balaban J connectivity index is 2.04. The Morgan fingerprint density at radius 3 is 2.78 bits per heavy atom. The molecule has 3 N–H and O–H groups in total. The summed E-state index contributed by atoms with van der Waals surface area (Å²) in [7, 11) is -3.63. The highest BCUT2D eigenvalue weighted by Gasteiger charge is 2.32. The van der Waals surface area contributed by atoms with E-state index in [1.807, 2.05) is 0 Å². The third-order valence-electron chi connectivity index (χ3n) is 3.07. The highest BCUT2D eigenvalue weighted by atomic mass is 32.2. The summed E-state index contributed by atoms with van der Waals surface area (Å²) >= 11 is 0. The standard InChI is InChI=1S/C10H15N3O4S/c1-6-11-5-9(12-6)18(16,17)13-8-3-2-7(4-8)10(14)15/h5,7-8,13H,2-4H2,1H3,(H,11,12)(H,14,15). The maximum absolute atomic E-state index is 11.9. The number of carboxylic acids is 1. The van der Waals surface area contributed by atoms with Crippen molar-refractivity contribution < 1.29 is 18.3 Å². The van der Waals surface area contributed by atoms with Crippen molar-refractivity contribution in [3.8, 4) is 0 Å². The fraction of sp³-hybridized carbons (Fsp3) is 0.600. The molecule has 1 aromatic rings. The van der Waals surface area contributed by atoms with Gasteiger partial charge in [0, 0.05) is 6.04 Å². The van der Waals surface area contributed by atoms with Crippen LogP contribution in [0.1, 0.15) is 25.1 Å². The van der Waals surface area contributed by atoms with Gasteiger partial charge in [-0.25, -0.2) is 18.1 Å². The Bertz CT molecular complexity index is 551. The van der Waals surface area contributed by atoms with Crippen LogP contribution in [0.25, 0.3) is 0 Å². The number of nitrogens with one attached hydrogen (secondary N) is 2. The van der Waals surface area contributed by atoms with E-state index in [2.05, 4.69) is 14.7 Å². The first-order valence-electron chi connectivity index (χ1n) is 5.65. The topological polar surface area (TPSA) is 112 Å². The number of nitrogens with zero attached hydrogens (tertiary/aromatic N) is 1. The van der Waals surface area contributed by atoms with Crippen molar-refractivity contribution in [2.75, 3.05) is 0 Å². The van der Waals surface area contributed by atoms with Gasteiger partial charge < -0.3 is 10.1 Å². The summed E-state index contributed by atoms with van der Waals surface area (Å²) in [5.41, 5.74) is 0. The first kappa shape index (κ1) is 13.0. The van der Waals surface area contributed by atoms with Crippen LogP contribution in [0.2, 0.25) is 0 Å². The van der Waals surface area contributed by atoms with E-state index >= 15 is 0 Å². The number of carboxylic acid groups (broad SMARTS) is 1. The number of rotatable bonds is 4. The Labute approximate surface area is 105 Å². The van der Waals surface area contributed by atoms with E-state index in [0.29, 0.717) is 25.1 Å². The van der Waals surface area contributed by atoms with Gasteiger partial charge in [-0.1, -0.05) is 0 Å². The predicted molar refractivity (Wildman–Crippen MR) is 62.4 cm³/mol. The van der Waals surface area contributed by atoms with E-state index in [9.17, 15) is 13.2 Å². The zero-order chi connectivity index (χ0) is 13.3. The van der Waals surface area contributed by atoms with E-state index in [1.165, 1.54) is 6.20 Å². The molecule has 1 aliphatic rings. The van der Waals surface area contributed by atoms with Gasteiger partial charge in [0.05, 0.1) is 12.1 Å². The van der Waals surface area contributed by atoms with Gasteiger partial charge in [-0.15, -0.1) is 0 Å². The zero-order valence-electron chi connectivity index (χ0n) is 9.88. The van der Waals surface area contributed by atoms with E-state index in [0.717, 1.165) is 0 Å². The third kappa shape index (κ3) is 2.70. The number of hydrogen-bond acceptors (Lipinski definition) is 4. The lowest BCUT2D eigenvalue weighted by atomic mass is 10.1. The summed E-state index contributed by atoms with van der Waals surface area (Å²) in [5.74, 6) is -0.805. The van der Waals surface area contributed by atoms with Gasteiger partial charge in [0.1, 0.15) is 5.82 Å². The van der Waals surface area contributed by atoms with E-state index in [-0.39, 0.29) is 11.1 Å². The molecule has 0 radical (unpaired) electrons. The van der Waals surface area contributed by atoms with Gasteiger partial charge in [-0.05, 0) is 26.2 Å². The molecule has 0 spiro atoms. The fourth-order valence-electron chi connectivity index (χ4n) is 2.13. The summed E-state index contributed by atoms with van der Waals surface area (Å²) in [5, 5.41) is 8.87. The average molecular weight is 273 g/mol. The van der Waals surface area contributed by atoms with Crippen molar-refractivity contribution in [1.82, 2.24) is 14.7 Å². The quantitative estimate of drug-likeness (QED) is 0.728. The summed E-state index contributed by atoms with van der Waals surface area (Å²) < 4.78 is 26.4. The van der Waals surface area contributed by atoms with Crippen LogP contribution in [-0.2, 0) is 14.8 Å². The lowest BCUT2D eigenvalue weighted by Crippen LogP contribution is -2.33. The number of carbonyl (C=O) groups is 1. The third-order valence-corrected chi connectivity index (χ3v) is 4.50. The van der Waals surface area contributed by atoms with Crippen molar-refractivity contribution in [3.63, 3.8) is 0 Å². The Kier molecular flexibility index (Phi) is 3.40. The molecule has 18 heavy (non-hydrogen) atoms. The smallest absolute Gasteiger partial charge is 0.306 e. The van der Waals surface area contributed by atoms with Crippen molar-refractivity contribution in [3.05, 3.63) is 12.0 Å². The summed E-state index contributed by atoms with van der Waals surface area (Å²) in [6.45, 7) is 1.66. The number of aromatic amines is 1. The molecule has 100 valence electrons. The second kappa shape index (κ2) is 4.69. The molecule has 8 heteroatoms. The van der Waals surface area contributed by atoms with Crippen LogP contribution in [0.3, 0.4) is 0 Å². The second-order valence-corrected chi connectivity index (χ2v) is 6.18. The molecule has 2 atom stereocenters. The average Bonchev–Trinajstić information content (AvgIpc) is 2.86. The highest BCUT2D eigenvalue weighted by Crippen LogP contribution is 2.26. The monoisotopic (exact) mass is 273 g/mol. The number of sulfonamides is 1. The van der Waals surface area contributed by atoms with Gasteiger partial charge in [-0.2, -0.15) is 0 Å². The van der Waals surface area contributed by atoms with Crippen molar-refractivity contribution in [1.29, 1.82) is 0 Å². The van der Waals surface area contributed by atoms with Crippen molar-refractivity contribution in [2.45, 2.75) is 37.3 Å². The molecule has 0 bridgehead atoms. The molecule has 1 fully saturated rings. The van der Waals surface area contributed by atoms with E-state index in [4.69, 9.17) is 5.11 Å². The van der Waals surface area contributed by atoms with Crippen LogP contribution in [0, 0.1) is 12.8 Å². The molecule has 1 aromatic heterocycles. The molecule has 0 aliphatic heterocycles. The van der Waals surface area contributed by atoms with Gasteiger partial charge in [-0.3, -0.25) is 4.79 Å². The number of H-pyrrole nitrogens is 1. The van der Waals surface area contributed by atoms with E-state index < -0.39 is 21.9 Å². The Morgan fingerprint density at radius 1 is 1.56 bits per heavy atom. The van der Waals surface area contributed by atoms with Crippen molar-refractivity contribution >= 4 is 16.0 Å². The normalized spacial score (nSPS) is 24.3. The number of aromatic nitrogens is 2. The van der Waals surface area contributed by atoms with Crippen molar-refractivity contribution in [2.24, 2.45) is 5.92 Å². The summed E-state index contributed by atoms with van der Waals surface area (Å²) in [4.78, 5) is 17.3. The zero-order valence-corrected chi connectivity index (χ0v) is 10.7. The minimum Gasteiger partial charge on any atom is -0.481 e. The maximum atomic E-state index is 11.9. The summed E-state index contributed by atoms with van der Waals surface area (Å²) in [6, 6.07) is -0.320. The minimum absolute atomic E-state index is 0.0128. The summed E-state index contributed by atoms with van der Waals surface area (Å²) in [6.07, 6.45) is 2.64. The van der Waals surface area contributed by atoms with Crippen LogP contribution in [0.4, 0.5) is 0 Å². The molecule has 1 aliphatic carbocycles. The Hall–Kier alpha value is -1.41. The molecule has 1 heterocycles. The van der Waals surface area contributed by atoms with E-state index in [1.54, 1.807) is 6.92 Å². The molecular weight excluding hydrogens is 258 g/mol. The number of imidazole rings is 1. The van der Waals surface area contributed by atoms with Crippen LogP contribution < -0.4 is 4.72 Å². The second-order valence-electron chi connectivity index (χ2n) is 4.50. The highest BCUT2D eigenvalue weighted by molar-refractivity contribution is 7.89. The fourth-order valence-corrected chi connectivity index (χ4v) is 3.38. The first-order chi connectivity index (χ1) is 8.38. The molecule has 0 saturated heterocycles. The molecule has 0 amide bonds. The first-order valence-corrected chi connectivity index (χ1v) is 7.13. The maximum Gasteiger partial charge on any atom is 0.306 e. The number of hydrogen-bond donors (Lipinski definition) is 3. The SMILES string of the molecule is Cc1ncc(S(=O)(=O)NC2CCC(C(=O)O)C2)[nH]1.